The van der Waals surface area contributed by atoms with Crippen molar-refractivity contribution in [3.8, 4) is 0 Å². The largest absolute Gasteiger partial charge is 0.475 e. The van der Waals surface area contributed by atoms with Crippen molar-refractivity contribution in [3.05, 3.63) is 16.5 Å². The van der Waals surface area contributed by atoms with E-state index in [-0.39, 0.29) is 15.6 Å². The molecule has 19 heavy (non-hydrogen) atoms. The maximum Gasteiger partial charge on any atom is 0.371 e. The smallest absolute Gasteiger partial charge is 0.371 e. The van der Waals surface area contributed by atoms with Crippen molar-refractivity contribution >= 4 is 31.9 Å². The van der Waals surface area contributed by atoms with Crippen LogP contribution in [0.3, 0.4) is 0 Å². The molecule has 0 aromatic carbocycles. The number of sulfonamides is 1. The van der Waals surface area contributed by atoms with Gasteiger partial charge in [-0.3, -0.25) is 0 Å². The minimum atomic E-state index is -3.71. The lowest BCUT2D eigenvalue weighted by molar-refractivity contribution is 0.0661. The molecule has 0 spiro atoms. The van der Waals surface area contributed by atoms with Gasteiger partial charge in [-0.15, -0.1) is 0 Å². The van der Waals surface area contributed by atoms with Gasteiger partial charge in [0, 0.05) is 18.7 Å². The Labute approximate surface area is 119 Å². The van der Waals surface area contributed by atoms with Crippen LogP contribution in [0.15, 0.2) is 20.0 Å². The quantitative estimate of drug-likeness (QED) is 0.849. The highest BCUT2D eigenvalue weighted by Crippen LogP contribution is 2.35. The number of halogens is 1. The molecule has 106 valence electrons. The summed E-state index contributed by atoms with van der Waals surface area (Å²) >= 11 is 2.97. The first-order valence-electron chi connectivity index (χ1n) is 5.92. The van der Waals surface area contributed by atoms with Crippen LogP contribution in [-0.4, -0.2) is 36.4 Å². The highest BCUT2D eigenvalue weighted by atomic mass is 79.9. The van der Waals surface area contributed by atoms with Gasteiger partial charge in [-0.2, -0.15) is 4.31 Å². The molecule has 0 saturated heterocycles. The monoisotopic (exact) mass is 351 g/mol. The van der Waals surface area contributed by atoms with Gasteiger partial charge < -0.3 is 9.52 Å². The molecule has 2 rings (SSSR count). The molecule has 1 aromatic heterocycles. The first-order valence-corrected chi connectivity index (χ1v) is 8.15. The van der Waals surface area contributed by atoms with Crippen molar-refractivity contribution < 1.29 is 22.7 Å². The van der Waals surface area contributed by atoms with Gasteiger partial charge in [0.1, 0.15) is 4.90 Å². The summed E-state index contributed by atoms with van der Waals surface area (Å²) in [5, 5.41) is 8.83. The van der Waals surface area contributed by atoms with Crippen molar-refractivity contribution in [1.29, 1.82) is 0 Å². The van der Waals surface area contributed by atoms with Crippen molar-refractivity contribution in [3.63, 3.8) is 0 Å². The second kappa shape index (κ2) is 5.26. The SMILES string of the molecule is CCCN(C1CC1)S(=O)(=O)c1cc(C(=O)O)oc1Br. The Morgan fingerprint density at radius 2 is 2.21 bits per heavy atom. The van der Waals surface area contributed by atoms with E-state index in [4.69, 9.17) is 9.52 Å². The second-order valence-corrected chi connectivity index (χ2v) is 6.98. The summed E-state index contributed by atoms with van der Waals surface area (Å²) in [5.74, 6) is -1.69. The van der Waals surface area contributed by atoms with Gasteiger partial charge in [0.2, 0.25) is 15.8 Å². The molecule has 0 unspecified atom stereocenters. The van der Waals surface area contributed by atoms with Gasteiger partial charge in [0.15, 0.2) is 4.67 Å². The fourth-order valence-corrected chi connectivity index (χ4v) is 4.52. The van der Waals surface area contributed by atoms with E-state index in [2.05, 4.69) is 15.9 Å². The molecule has 1 heterocycles. The van der Waals surface area contributed by atoms with Gasteiger partial charge in [-0.25, -0.2) is 13.2 Å². The van der Waals surface area contributed by atoms with Crippen molar-refractivity contribution in [2.24, 2.45) is 0 Å². The van der Waals surface area contributed by atoms with Gasteiger partial charge in [-0.05, 0) is 35.2 Å². The third-order valence-electron chi connectivity index (χ3n) is 2.85. The van der Waals surface area contributed by atoms with Crippen LogP contribution in [-0.2, 0) is 10.0 Å². The fourth-order valence-electron chi connectivity index (χ4n) is 1.84. The van der Waals surface area contributed by atoms with Gasteiger partial charge in [0.25, 0.3) is 0 Å². The van der Waals surface area contributed by atoms with E-state index < -0.39 is 21.8 Å². The van der Waals surface area contributed by atoms with Crippen LogP contribution < -0.4 is 0 Å². The summed E-state index contributed by atoms with van der Waals surface area (Å²) in [5.41, 5.74) is 0. The Balaban J connectivity index is 2.40. The molecule has 0 aliphatic heterocycles. The highest BCUT2D eigenvalue weighted by Gasteiger charge is 2.39. The molecular weight excluding hydrogens is 338 g/mol. The zero-order chi connectivity index (χ0) is 14.2. The minimum absolute atomic E-state index is 0.0278. The molecule has 1 aliphatic carbocycles. The van der Waals surface area contributed by atoms with E-state index in [1.54, 1.807) is 0 Å². The number of hydrogen-bond donors (Lipinski definition) is 1. The Morgan fingerprint density at radius 3 is 2.63 bits per heavy atom. The Bertz CT molecular complexity index is 590. The van der Waals surface area contributed by atoms with Crippen molar-refractivity contribution in [2.75, 3.05) is 6.54 Å². The lowest BCUT2D eigenvalue weighted by Crippen LogP contribution is -2.33. The summed E-state index contributed by atoms with van der Waals surface area (Å²) in [6, 6.07) is 1.08. The molecule has 6 nitrogen and oxygen atoms in total. The molecule has 1 N–H and O–H groups in total. The van der Waals surface area contributed by atoms with Gasteiger partial charge >= 0.3 is 5.97 Å². The summed E-state index contributed by atoms with van der Waals surface area (Å²) in [4.78, 5) is 10.7. The zero-order valence-electron chi connectivity index (χ0n) is 10.3. The number of carboxylic acids is 1. The number of furan rings is 1. The maximum atomic E-state index is 12.5. The standard InChI is InChI=1S/C11H14BrNO5S/c1-2-5-13(7-3-4-7)19(16,17)9-6-8(11(14)15)18-10(9)12/h6-7H,2-5H2,1H3,(H,14,15). The minimum Gasteiger partial charge on any atom is -0.475 e. The first-order chi connectivity index (χ1) is 8.87. The van der Waals surface area contributed by atoms with Crippen molar-refractivity contribution in [1.82, 2.24) is 4.31 Å². The summed E-state index contributed by atoms with van der Waals surface area (Å²) in [7, 11) is -3.71. The molecular formula is C11H14BrNO5S. The van der Waals surface area contributed by atoms with Crippen LogP contribution in [0.5, 0.6) is 0 Å². The number of rotatable bonds is 6. The van der Waals surface area contributed by atoms with E-state index in [1.807, 2.05) is 6.92 Å². The first kappa shape index (κ1) is 14.5. The lowest BCUT2D eigenvalue weighted by Gasteiger charge is -2.20. The predicted octanol–water partition coefficient (Wildman–Crippen LogP) is 2.30. The molecule has 0 bridgehead atoms. The number of aromatic carboxylic acids is 1. The van der Waals surface area contributed by atoms with Crippen LogP contribution in [0.25, 0.3) is 0 Å². The molecule has 0 amide bonds. The number of nitrogens with zero attached hydrogens (tertiary/aromatic N) is 1. The van der Waals surface area contributed by atoms with E-state index in [0.29, 0.717) is 13.0 Å². The molecule has 0 radical (unpaired) electrons. The lowest BCUT2D eigenvalue weighted by atomic mass is 10.5. The van der Waals surface area contributed by atoms with Crippen molar-refractivity contribution in [2.45, 2.75) is 37.1 Å². The molecule has 8 heteroatoms. The molecule has 1 fully saturated rings. The second-order valence-electron chi connectivity index (χ2n) is 4.40. The Morgan fingerprint density at radius 1 is 1.58 bits per heavy atom. The number of carboxylic acid groups (broad SMARTS) is 1. The van der Waals surface area contributed by atoms with Gasteiger partial charge in [-0.1, -0.05) is 6.92 Å². The highest BCUT2D eigenvalue weighted by molar-refractivity contribution is 9.10. The number of carbonyl (C=O) groups is 1. The van der Waals surface area contributed by atoms with Crippen LogP contribution >= 0.6 is 15.9 Å². The molecule has 1 saturated carbocycles. The molecule has 1 aromatic rings. The average molecular weight is 352 g/mol. The fraction of sp³-hybridized carbons (Fsp3) is 0.545. The predicted molar refractivity (Wildman–Crippen MR) is 70.6 cm³/mol. The summed E-state index contributed by atoms with van der Waals surface area (Å²) in [6.45, 7) is 2.32. The van der Waals surface area contributed by atoms with Crippen LogP contribution in [0.1, 0.15) is 36.7 Å². The van der Waals surface area contributed by atoms with Crippen LogP contribution in [0.4, 0.5) is 0 Å². The number of hydrogen-bond acceptors (Lipinski definition) is 4. The van der Waals surface area contributed by atoms with Crippen LogP contribution in [0, 0.1) is 0 Å². The molecule has 1 aliphatic rings. The van der Waals surface area contributed by atoms with E-state index >= 15 is 0 Å². The maximum absolute atomic E-state index is 12.5. The topological polar surface area (TPSA) is 87.8 Å². The summed E-state index contributed by atoms with van der Waals surface area (Å²) < 4.78 is 31.3. The van der Waals surface area contributed by atoms with Gasteiger partial charge in [0.05, 0.1) is 0 Å². The Kier molecular flexibility index (Phi) is 4.03. The van der Waals surface area contributed by atoms with E-state index in [9.17, 15) is 13.2 Å². The zero-order valence-corrected chi connectivity index (χ0v) is 12.7. The molecule has 0 atom stereocenters. The third kappa shape index (κ3) is 2.85. The Hall–Kier alpha value is -0.860. The summed E-state index contributed by atoms with van der Waals surface area (Å²) in [6.07, 6.45) is 2.40. The van der Waals surface area contributed by atoms with Crippen LogP contribution in [0.2, 0.25) is 0 Å². The van der Waals surface area contributed by atoms with E-state index in [0.717, 1.165) is 18.9 Å². The van der Waals surface area contributed by atoms with E-state index in [1.165, 1.54) is 4.31 Å². The average Bonchev–Trinajstić information content (AvgIpc) is 3.07. The third-order valence-corrected chi connectivity index (χ3v) is 5.66. The normalized spacial score (nSPS) is 15.9.